The number of rotatable bonds is 12. The van der Waals surface area contributed by atoms with E-state index in [0.29, 0.717) is 42.9 Å². The predicted octanol–water partition coefficient (Wildman–Crippen LogP) is 2.47. The van der Waals surface area contributed by atoms with Crippen molar-refractivity contribution in [3.8, 4) is 0 Å². The summed E-state index contributed by atoms with van der Waals surface area (Å²) in [7, 11) is 0.817. The Kier molecular flexibility index (Phi) is 8.36. The van der Waals surface area contributed by atoms with Gasteiger partial charge in [0.25, 0.3) is 0 Å². The van der Waals surface area contributed by atoms with Gasteiger partial charge >= 0.3 is 13.1 Å². The molecule has 2 aromatic rings. The summed E-state index contributed by atoms with van der Waals surface area (Å²) in [4.78, 5) is 29.9. The first-order valence-corrected chi connectivity index (χ1v) is 14.5. The maximum atomic E-state index is 13.4. The summed E-state index contributed by atoms with van der Waals surface area (Å²) in [6, 6.07) is 9.84. The summed E-state index contributed by atoms with van der Waals surface area (Å²) < 4.78 is 19.6. The first kappa shape index (κ1) is 28.8. The Morgan fingerprint density at radius 1 is 1.23 bits per heavy atom. The summed E-state index contributed by atoms with van der Waals surface area (Å²) in [5, 5.41) is 7.67. The quantitative estimate of drug-likeness (QED) is 0.234. The standard InChI is InChI=1S/C29H42BN5O5/c1-28(2)20-15-21(28)29(3)22(16-20)39-30(40-29)23(12-8-9-13-31)32-26(36)18-35-25(14-19-10-6-5-7-11-19)33-24(34-35)17-27(37)38-4/h5-7,10-11,20-23H,8-9,12-18,31H2,1-4H3,(H,32,36)/t20-,21-,22+,23-,29-/m0/s1. The smallest absolute Gasteiger partial charge is 0.469 e. The normalized spacial score (nSPS) is 27.0. The van der Waals surface area contributed by atoms with Gasteiger partial charge < -0.3 is 25.1 Å². The van der Waals surface area contributed by atoms with Gasteiger partial charge in [0, 0.05) is 6.42 Å². The molecule has 11 heteroatoms. The van der Waals surface area contributed by atoms with Crippen molar-refractivity contribution in [2.45, 2.75) is 89.9 Å². The Bertz CT molecular complexity index is 1210. The predicted molar refractivity (Wildman–Crippen MR) is 150 cm³/mol. The van der Waals surface area contributed by atoms with Crippen LogP contribution in [0.3, 0.4) is 0 Å². The second-order valence-electron chi connectivity index (χ2n) is 12.3. The van der Waals surface area contributed by atoms with E-state index in [2.05, 4.69) is 36.2 Å². The zero-order valence-corrected chi connectivity index (χ0v) is 24.1. The number of amides is 1. The molecule has 40 heavy (non-hydrogen) atoms. The third-order valence-corrected chi connectivity index (χ3v) is 9.43. The summed E-state index contributed by atoms with van der Waals surface area (Å²) in [6.45, 7) is 7.42. The van der Waals surface area contributed by atoms with E-state index in [1.807, 2.05) is 30.3 Å². The summed E-state index contributed by atoms with van der Waals surface area (Å²) >= 11 is 0. The van der Waals surface area contributed by atoms with Crippen molar-refractivity contribution in [1.82, 2.24) is 20.1 Å². The van der Waals surface area contributed by atoms with Crippen molar-refractivity contribution < 1.29 is 23.6 Å². The number of nitrogens with zero attached hydrogens (tertiary/aromatic N) is 3. The molecular formula is C29H42BN5O5. The topological polar surface area (TPSA) is 131 Å². The Morgan fingerprint density at radius 2 is 2.00 bits per heavy atom. The molecular weight excluding hydrogens is 509 g/mol. The van der Waals surface area contributed by atoms with Gasteiger partial charge in [0.05, 0.1) is 24.8 Å². The van der Waals surface area contributed by atoms with Gasteiger partial charge in [-0.05, 0) is 62.0 Å². The average molecular weight is 551 g/mol. The molecule has 2 heterocycles. The van der Waals surface area contributed by atoms with Crippen molar-refractivity contribution in [3.05, 3.63) is 47.5 Å². The fourth-order valence-corrected chi connectivity index (χ4v) is 6.98. The second kappa shape index (κ2) is 11.6. The van der Waals surface area contributed by atoms with Crippen LogP contribution in [0.25, 0.3) is 0 Å². The molecule has 3 N–H and O–H groups in total. The number of hydrogen-bond acceptors (Lipinski definition) is 8. The van der Waals surface area contributed by atoms with Gasteiger partial charge in [-0.2, -0.15) is 5.10 Å². The molecule has 6 rings (SSSR count). The monoisotopic (exact) mass is 551 g/mol. The van der Waals surface area contributed by atoms with E-state index in [4.69, 9.17) is 19.8 Å². The van der Waals surface area contributed by atoms with Crippen LogP contribution in [0.4, 0.5) is 0 Å². The average Bonchev–Trinajstić information content (AvgIpc) is 3.47. The molecule has 2 bridgehead atoms. The zero-order chi connectivity index (χ0) is 28.5. The number of methoxy groups -OCH3 is 1. The van der Waals surface area contributed by atoms with E-state index < -0.39 is 13.1 Å². The Morgan fingerprint density at radius 3 is 2.70 bits per heavy atom. The number of carbonyl (C=O) groups is 2. The van der Waals surface area contributed by atoms with E-state index in [1.165, 1.54) is 13.5 Å². The molecule has 0 radical (unpaired) electrons. The van der Waals surface area contributed by atoms with Crippen LogP contribution in [0, 0.1) is 17.3 Å². The van der Waals surface area contributed by atoms with Gasteiger partial charge in [-0.3, -0.25) is 9.59 Å². The van der Waals surface area contributed by atoms with E-state index in [-0.39, 0.29) is 41.9 Å². The van der Waals surface area contributed by atoms with Gasteiger partial charge in [-0.25, -0.2) is 9.67 Å². The minimum absolute atomic E-state index is 0.0329. The molecule has 3 aliphatic carbocycles. The van der Waals surface area contributed by atoms with Crippen molar-refractivity contribution in [2.24, 2.45) is 23.0 Å². The lowest BCUT2D eigenvalue weighted by Gasteiger charge is -2.64. The highest BCUT2D eigenvalue weighted by atomic mass is 16.7. The van der Waals surface area contributed by atoms with Crippen LogP contribution in [-0.2, 0) is 43.0 Å². The lowest BCUT2D eigenvalue weighted by Crippen LogP contribution is -2.65. The molecule has 1 aliphatic heterocycles. The first-order valence-electron chi connectivity index (χ1n) is 14.5. The summed E-state index contributed by atoms with van der Waals surface area (Å²) in [6.07, 6.45) is 5.04. The minimum atomic E-state index is -0.513. The molecule has 1 amide bonds. The highest BCUT2D eigenvalue weighted by Gasteiger charge is 2.68. The molecule has 4 fully saturated rings. The number of ether oxygens (including phenoxy) is 1. The van der Waals surface area contributed by atoms with Gasteiger partial charge in [0.15, 0.2) is 5.82 Å². The number of unbranched alkanes of at least 4 members (excludes halogenated alkanes) is 1. The van der Waals surface area contributed by atoms with Gasteiger partial charge in [0.1, 0.15) is 18.8 Å². The highest BCUT2D eigenvalue weighted by Crippen LogP contribution is 2.65. The number of esters is 1. The molecule has 0 unspecified atom stereocenters. The summed E-state index contributed by atoms with van der Waals surface area (Å²) in [5.74, 6) is 1.08. The Hall–Kier alpha value is -2.76. The number of aromatic nitrogens is 3. The highest BCUT2D eigenvalue weighted by molar-refractivity contribution is 6.47. The minimum Gasteiger partial charge on any atom is -0.469 e. The molecule has 3 saturated carbocycles. The molecule has 1 aromatic heterocycles. The molecule has 216 valence electrons. The number of carbonyl (C=O) groups excluding carboxylic acids is 2. The number of nitrogens with two attached hydrogens (primary N) is 1. The third kappa shape index (κ3) is 5.69. The maximum absolute atomic E-state index is 13.4. The molecule has 1 saturated heterocycles. The number of hydrogen-bond donors (Lipinski definition) is 2. The molecule has 4 aliphatic rings. The van der Waals surface area contributed by atoms with E-state index in [1.54, 1.807) is 4.68 Å². The number of nitrogens with one attached hydrogen (secondary N) is 1. The Balaban J connectivity index is 1.30. The van der Waals surface area contributed by atoms with Crippen LogP contribution >= 0.6 is 0 Å². The van der Waals surface area contributed by atoms with E-state index >= 15 is 0 Å². The van der Waals surface area contributed by atoms with Crippen LogP contribution in [0.5, 0.6) is 0 Å². The van der Waals surface area contributed by atoms with E-state index in [0.717, 1.165) is 24.8 Å². The summed E-state index contributed by atoms with van der Waals surface area (Å²) in [5.41, 5.74) is 6.69. The van der Waals surface area contributed by atoms with Crippen LogP contribution < -0.4 is 11.1 Å². The first-order chi connectivity index (χ1) is 19.1. The van der Waals surface area contributed by atoms with Crippen molar-refractivity contribution >= 4 is 19.0 Å². The zero-order valence-electron chi connectivity index (χ0n) is 24.1. The van der Waals surface area contributed by atoms with Crippen LogP contribution in [-0.4, -0.2) is 65.1 Å². The van der Waals surface area contributed by atoms with E-state index in [9.17, 15) is 9.59 Å². The lowest BCUT2D eigenvalue weighted by atomic mass is 9.43. The second-order valence-corrected chi connectivity index (χ2v) is 12.3. The van der Waals surface area contributed by atoms with Crippen LogP contribution in [0.15, 0.2) is 30.3 Å². The largest absolute Gasteiger partial charge is 0.481 e. The lowest BCUT2D eigenvalue weighted by molar-refractivity contribution is -0.199. The SMILES string of the molecule is COC(=O)Cc1nc(Cc2ccccc2)n(CC(=O)N[C@@H](CCCCN)B2O[C@@H]3C[C@@H]4C[C@@H](C4(C)C)[C@]3(C)O2)n1. The fraction of sp³-hybridized carbons (Fsp3) is 0.655. The van der Waals surface area contributed by atoms with Gasteiger partial charge in [-0.15, -0.1) is 0 Å². The molecule has 0 spiro atoms. The fourth-order valence-electron chi connectivity index (χ4n) is 6.98. The van der Waals surface area contributed by atoms with Gasteiger partial charge in [-0.1, -0.05) is 50.6 Å². The van der Waals surface area contributed by atoms with Gasteiger partial charge in [0.2, 0.25) is 5.91 Å². The molecule has 10 nitrogen and oxygen atoms in total. The van der Waals surface area contributed by atoms with Crippen LogP contribution in [0.2, 0.25) is 0 Å². The Labute approximate surface area is 236 Å². The molecule has 1 aromatic carbocycles. The maximum Gasteiger partial charge on any atom is 0.481 e. The third-order valence-electron chi connectivity index (χ3n) is 9.43. The molecule has 5 atom stereocenters. The van der Waals surface area contributed by atoms with Crippen molar-refractivity contribution in [2.75, 3.05) is 13.7 Å². The van der Waals surface area contributed by atoms with Crippen molar-refractivity contribution in [1.29, 1.82) is 0 Å². The van der Waals surface area contributed by atoms with Crippen LogP contribution in [0.1, 0.15) is 70.1 Å². The number of benzene rings is 1. The van der Waals surface area contributed by atoms with Crippen molar-refractivity contribution in [3.63, 3.8) is 0 Å².